The summed E-state index contributed by atoms with van der Waals surface area (Å²) in [5, 5.41) is 2.67. The van der Waals surface area contributed by atoms with Gasteiger partial charge < -0.3 is 5.32 Å². The lowest BCUT2D eigenvalue weighted by molar-refractivity contribution is -0.113. The van der Waals surface area contributed by atoms with Gasteiger partial charge in [-0.05, 0) is 49.4 Å². The molecule has 0 aliphatic carbocycles. The van der Waals surface area contributed by atoms with E-state index < -0.39 is 11.6 Å². The van der Waals surface area contributed by atoms with Gasteiger partial charge in [-0.3, -0.25) is 9.59 Å². The van der Waals surface area contributed by atoms with Crippen LogP contribution < -0.4 is 5.32 Å². The third-order valence-corrected chi connectivity index (χ3v) is 3.83. The molecule has 0 aliphatic heterocycles. The van der Waals surface area contributed by atoms with Crippen LogP contribution >= 0.6 is 11.8 Å². The maximum atomic E-state index is 13.0. The highest BCUT2D eigenvalue weighted by Gasteiger charge is 2.07. The molecule has 6 heteroatoms. The van der Waals surface area contributed by atoms with Crippen LogP contribution in [0.2, 0.25) is 0 Å². The topological polar surface area (TPSA) is 46.2 Å². The van der Waals surface area contributed by atoms with Crippen LogP contribution in [0.3, 0.4) is 0 Å². The second-order valence-corrected chi connectivity index (χ2v) is 5.60. The standard InChI is InChI=1S/C16H13F2NO2S/c1-10(20)11-2-4-12(5-3-11)19-16(21)9-22-13-6-7-14(17)15(18)8-13/h2-8H,9H2,1H3,(H,19,21). The summed E-state index contributed by atoms with van der Waals surface area (Å²) >= 11 is 1.11. The Morgan fingerprint density at radius 3 is 2.32 bits per heavy atom. The lowest BCUT2D eigenvalue weighted by Crippen LogP contribution is -2.14. The summed E-state index contributed by atoms with van der Waals surface area (Å²) in [6.45, 7) is 1.46. The number of thioether (sulfide) groups is 1. The zero-order chi connectivity index (χ0) is 16.1. The van der Waals surface area contributed by atoms with E-state index in [0.717, 1.165) is 23.9 Å². The number of ketones is 1. The Morgan fingerprint density at radius 2 is 1.73 bits per heavy atom. The molecular weight excluding hydrogens is 308 g/mol. The van der Waals surface area contributed by atoms with Crippen LogP contribution in [-0.2, 0) is 4.79 Å². The molecule has 2 aromatic rings. The molecule has 114 valence electrons. The molecule has 0 spiro atoms. The number of Topliss-reactive ketones (excluding diaryl/α,β-unsaturated/α-hetero) is 1. The quantitative estimate of drug-likeness (QED) is 0.671. The molecule has 0 saturated carbocycles. The third kappa shape index (κ3) is 4.39. The smallest absolute Gasteiger partial charge is 0.234 e. The van der Waals surface area contributed by atoms with Crippen molar-refractivity contribution in [3.8, 4) is 0 Å². The van der Waals surface area contributed by atoms with Crippen LogP contribution in [0, 0.1) is 11.6 Å². The van der Waals surface area contributed by atoms with Gasteiger partial charge in [-0.25, -0.2) is 8.78 Å². The Labute approximate surface area is 130 Å². The van der Waals surface area contributed by atoms with Gasteiger partial charge in [-0.1, -0.05) is 0 Å². The van der Waals surface area contributed by atoms with E-state index in [2.05, 4.69) is 5.32 Å². The highest BCUT2D eigenvalue weighted by molar-refractivity contribution is 8.00. The third-order valence-electron chi connectivity index (χ3n) is 2.84. The largest absolute Gasteiger partial charge is 0.325 e. The highest BCUT2D eigenvalue weighted by atomic mass is 32.2. The molecule has 0 saturated heterocycles. The fourth-order valence-electron chi connectivity index (χ4n) is 1.70. The van der Waals surface area contributed by atoms with Gasteiger partial charge in [-0.15, -0.1) is 11.8 Å². The van der Waals surface area contributed by atoms with E-state index >= 15 is 0 Å². The van der Waals surface area contributed by atoms with Crippen molar-refractivity contribution in [1.82, 2.24) is 0 Å². The maximum Gasteiger partial charge on any atom is 0.234 e. The van der Waals surface area contributed by atoms with Crippen molar-refractivity contribution in [2.75, 3.05) is 11.1 Å². The molecule has 0 unspecified atom stereocenters. The number of anilines is 1. The molecule has 2 rings (SSSR count). The summed E-state index contributed by atoms with van der Waals surface area (Å²) in [5.74, 6) is -2.11. The van der Waals surface area contributed by atoms with Crippen molar-refractivity contribution >= 4 is 29.1 Å². The molecule has 22 heavy (non-hydrogen) atoms. The average molecular weight is 321 g/mol. The monoisotopic (exact) mass is 321 g/mol. The molecule has 1 amide bonds. The van der Waals surface area contributed by atoms with Gasteiger partial charge in [0.25, 0.3) is 0 Å². The van der Waals surface area contributed by atoms with Gasteiger partial charge in [-0.2, -0.15) is 0 Å². The lowest BCUT2D eigenvalue weighted by atomic mass is 10.1. The molecule has 0 aromatic heterocycles. The number of halogens is 2. The van der Waals surface area contributed by atoms with E-state index in [1.165, 1.54) is 13.0 Å². The normalized spacial score (nSPS) is 10.3. The summed E-state index contributed by atoms with van der Waals surface area (Å²) < 4.78 is 25.8. The van der Waals surface area contributed by atoms with Crippen molar-refractivity contribution < 1.29 is 18.4 Å². The Morgan fingerprint density at radius 1 is 1.05 bits per heavy atom. The van der Waals surface area contributed by atoms with E-state index in [-0.39, 0.29) is 17.4 Å². The Kier molecular flexibility index (Phi) is 5.27. The van der Waals surface area contributed by atoms with E-state index in [0.29, 0.717) is 16.1 Å². The minimum absolute atomic E-state index is 0.0493. The molecule has 0 heterocycles. The van der Waals surface area contributed by atoms with Crippen LogP contribution in [-0.4, -0.2) is 17.4 Å². The van der Waals surface area contributed by atoms with Crippen molar-refractivity contribution in [2.45, 2.75) is 11.8 Å². The zero-order valence-electron chi connectivity index (χ0n) is 11.7. The van der Waals surface area contributed by atoms with Crippen molar-refractivity contribution in [3.63, 3.8) is 0 Å². The average Bonchev–Trinajstić information content (AvgIpc) is 2.49. The second-order valence-electron chi connectivity index (χ2n) is 4.55. The van der Waals surface area contributed by atoms with Crippen LogP contribution in [0.5, 0.6) is 0 Å². The second kappa shape index (κ2) is 7.17. The molecule has 2 aromatic carbocycles. The van der Waals surface area contributed by atoms with Crippen molar-refractivity contribution in [1.29, 1.82) is 0 Å². The predicted molar refractivity (Wildman–Crippen MR) is 82.2 cm³/mol. The fraction of sp³-hybridized carbons (Fsp3) is 0.125. The van der Waals surface area contributed by atoms with Crippen molar-refractivity contribution in [3.05, 3.63) is 59.7 Å². The SMILES string of the molecule is CC(=O)c1ccc(NC(=O)CSc2ccc(F)c(F)c2)cc1. The summed E-state index contributed by atoms with van der Waals surface area (Å²) in [4.78, 5) is 23.4. The lowest BCUT2D eigenvalue weighted by Gasteiger charge is -2.06. The van der Waals surface area contributed by atoms with Gasteiger partial charge in [0.1, 0.15) is 0 Å². The summed E-state index contributed by atoms with van der Waals surface area (Å²) in [7, 11) is 0. The van der Waals surface area contributed by atoms with Crippen LogP contribution in [0.4, 0.5) is 14.5 Å². The highest BCUT2D eigenvalue weighted by Crippen LogP contribution is 2.20. The first-order valence-corrected chi connectivity index (χ1v) is 7.43. The fourth-order valence-corrected chi connectivity index (χ4v) is 2.42. The number of hydrogen-bond acceptors (Lipinski definition) is 3. The van der Waals surface area contributed by atoms with Crippen LogP contribution in [0.15, 0.2) is 47.4 Å². The number of carbonyl (C=O) groups is 2. The first-order valence-electron chi connectivity index (χ1n) is 6.44. The van der Waals surface area contributed by atoms with Gasteiger partial charge in [0.05, 0.1) is 5.75 Å². The number of carbonyl (C=O) groups excluding carboxylic acids is 2. The van der Waals surface area contributed by atoms with Gasteiger partial charge >= 0.3 is 0 Å². The zero-order valence-corrected chi connectivity index (χ0v) is 12.5. The van der Waals surface area contributed by atoms with Gasteiger partial charge in [0.2, 0.25) is 5.91 Å². The number of benzene rings is 2. The van der Waals surface area contributed by atoms with E-state index in [1.807, 2.05) is 0 Å². The van der Waals surface area contributed by atoms with Crippen LogP contribution in [0.1, 0.15) is 17.3 Å². The first-order chi connectivity index (χ1) is 10.5. The molecule has 0 fully saturated rings. The Balaban J connectivity index is 1.89. The predicted octanol–water partition coefficient (Wildman–Crippen LogP) is 3.90. The summed E-state index contributed by atoms with van der Waals surface area (Å²) in [6.07, 6.45) is 0. The van der Waals surface area contributed by atoms with Crippen LogP contribution in [0.25, 0.3) is 0 Å². The van der Waals surface area contributed by atoms with E-state index in [1.54, 1.807) is 24.3 Å². The summed E-state index contributed by atoms with van der Waals surface area (Å²) in [6, 6.07) is 10.0. The van der Waals surface area contributed by atoms with E-state index in [4.69, 9.17) is 0 Å². The molecule has 1 N–H and O–H groups in total. The molecule has 0 atom stereocenters. The van der Waals surface area contributed by atoms with Crippen molar-refractivity contribution in [2.24, 2.45) is 0 Å². The van der Waals surface area contributed by atoms with E-state index in [9.17, 15) is 18.4 Å². The Bertz CT molecular complexity index is 702. The van der Waals surface area contributed by atoms with Gasteiger partial charge in [0.15, 0.2) is 17.4 Å². The number of rotatable bonds is 5. The Hall–Kier alpha value is -2.21. The molecule has 0 radical (unpaired) electrons. The minimum Gasteiger partial charge on any atom is -0.325 e. The maximum absolute atomic E-state index is 13.0. The number of hydrogen-bond donors (Lipinski definition) is 1. The first kappa shape index (κ1) is 16.2. The molecular formula is C16H13F2NO2S. The number of nitrogens with one attached hydrogen (secondary N) is 1. The summed E-state index contributed by atoms with van der Waals surface area (Å²) in [5.41, 5.74) is 1.13. The van der Waals surface area contributed by atoms with Gasteiger partial charge in [0, 0.05) is 16.1 Å². The molecule has 0 aliphatic rings. The minimum atomic E-state index is -0.940. The number of amides is 1. The molecule has 0 bridgehead atoms. The molecule has 3 nitrogen and oxygen atoms in total.